The predicted molar refractivity (Wildman–Crippen MR) is 142 cm³/mol. The third-order valence-corrected chi connectivity index (χ3v) is 9.36. The average molecular weight is 635 g/mol. The highest BCUT2D eigenvalue weighted by Crippen LogP contribution is 2.40. The van der Waals surface area contributed by atoms with E-state index in [1.54, 1.807) is 24.3 Å². The van der Waals surface area contributed by atoms with Gasteiger partial charge in [-0.3, -0.25) is 15.0 Å². The van der Waals surface area contributed by atoms with Gasteiger partial charge in [-0.05, 0) is 42.5 Å². The van der Waals surface area contributed by atoms with E-state index >= 15 is 0 Å². The van der Waals surface area contributed by atoms with Crippen molar-refractivity contribution < 1.29 is 31.2 Å². The molecule has 204 valence electrons. The number of hydrazine groups is 1. The molecule has 39 heavy (non-hydrogen) atoms. The van der Waals surface area contributed by atoms with Crippen LogP contribution in [0.5, 0.6) is 0 Å². The van der Waals surface area contributed by atoms with Crippen molar-refractivity contribution >= 4 is 67.7 Å². The van der Waals surface area contributed by atoms with Gasteiger partial charge in [-0.1, -0.05) is 35.3 Å². The second-order valence-electron chi connectivity index (χ2n) is 7.67. The van der Waals surface area contributed by atoms with Crippen LogP contribution in [0.4, 0.5) is 13.2 Å². The van der Waals surface area contributed by atoms with Gasteiger partial charge in [0.25, 0.3) is 21.8 Å². The van der Waals surface area contributed by atoms with Gasteiger partial charge in [0.1, 0.15) is 14.9 Å². The van der Waals surface area contributed by atoms with Crippen LogP contribution in [0.3, 0.4) is 0 Å². The molecule has 2 amide bonds. The molecule has 0 aliphatic rings. The summed E-state index contributed by atoms with van der Waals surface area (Å²) >= 11 is 13.5. The number of halogens is 5. The van der Waals surface area contributed by atoms with Crippen molar-refractivity contribution in [2.24, 2.45) is 0 Å². The van der Waals surface area contributed by atoms with Crippen LogP contribution in [-0.2, 0) is 22.7 Å². The number of rotatable bonds is 8. The van der Waals surface area contributed by atoms with E-state index in [2.05, 4.69) is 10.3 Å². The van der Waals surface area contributed by atoms with Crippen molar-refractivity contribution in [2.45, 2.75) is 16.9 Å². The van der Waals surface area contributed by atoms with Crippen LogP contribution in [0, 0.1) is 0 Å². The molecule has 3 N–H and O–H groups in total. The van der Waals surface area contributed by atoms with Gasteiger partial charge in [0.2, 0.25) is 0 Å². The van der Waals surface area contributed by atoms with E-state index in [4.69, 9.17) is 23.2 Å². The second-order valence-corrected chi connectivity index (χ2v) is 12.4. The molecule has 0 fully saturated rings. The first kappa shape index (κ1) is 29.0. The fourth-order valence-electron chi connectivity index (χ4n) is 3.11. The topological polar surface area (TPSA) is 117 Å². The first-order chi connectivity index (χ1) is 18.3. The van der Waals surface area contributed by atoms with Crippen LogP contribution >= 0.6 is 45.9 Å². The molecule has 0 bridgehead atoms. The molecule has 2 heterocycles. The lowest BCUT2D eigenvalue weighted by Gasteiger charge is -2.10. The van der Waals surface area contributed by atoms with E-state index in [1.165, 1.54) is 23.6 Å². The fraction of sp³-hybridized carbons (Fsp3) is 0.0870. The Labute approximate surface area is 237 Å². The molecule has 4 rings (SSSR count). The van der Waals surface area contributed by atoms with Crippen molar-refractivity contribution in [3.05, 3.63) is 91.7 Å². The van der Waals surface area contributed by atoms with Crippen molar-refractivity contribution in [2.75, 3.05) is 0 Å². The van der Waals surface area contributed by atoms with Crippen LogP contribution < -0.4 is 15.6 Å². The van der Waals surface area contributed by atoms with Crippen LogP contribution in [0.1, 0.15) is 31.3 Å². The van der Waals surface area contributed by atoms with E-state index in [9.17, 15) is 31.2 Å². The number of carbonyl (C=O) groups is 2. The van der Waals surface area contributed by atoms with Crippen molar-refractivity contribution in [1.29, 1.82) is 0 Å². The Morgan fingerprint density at radius 3 is 2.38 bits per heavy atom. The number of sulfonamides is 1. The van der Waals surface area contributed by atoms with Gasteiger partial charge in [0, 0.05) is 26.4 Å². The summed E-state index contributed by atoms with van der Waals surface area (Å²) in [4.78, 5) is 31.2. The molecular formula is C23H15Cl2F3N4O4S3. The zero-order chi connectivity index (χ0) is 28.4. The van der Waals surface area contributed by atoms with Gasteiger partial charge in [0.15, 0.2) is 0 Å². The quantitative estimate of drug-likeness (QED) is 0.213. The molecule has 0 aliphatic carbocycles. The number of amides is 2. The average Bonchev–Trinajstić information content (AvgIpc) is 3.56. The number of hydrogen-bond acceptors (Lipinski definition) is 7. The summed E-state index contributed by atoms with van der Waals surface area (Å²) in [5.41, 5.74) is 1.10. The Morgan fingerprint density at radius 2 is 1.69 bits per heavy atom. The maximum absolute atomic E-state index is 13.1. The van der Waals surface area contributed by atoms with Crippen LogP contribution in [-0.4, -0.2) is 25.2 Å². The molecule has 0 spiro atoms. The molecular weight excluding hydrogens is 620 g/mol. The summed E-state index contributed by atoms with van der Waals surface area (Å²) in [6.45, 7) is 0.0632. The number of carbonyl (C=O) groups excluding carboxylic acids is 2. The molecule has 8 nitrogen and oxygen atoms in total. The minimum absolute atomic E-state index is 0.0228. The van der Waals surface area contributed by atoms with Crippen molar-refractivity contribution in [3.63, 3.8) is 0 Å². The predicted octanol–water partition coefficient (Wildman–Crippen LogP) is 5.75. The molecule has 2 aromatic carbocycles. The fourth-order valence-corrected chi connectivity index (χ4v) is 6.58. The standard InChI is InChI=1S/C23H15Cl2F3N4O4S3/c24-13-6-4-12(5-7-13)20(33)29-10-14-8-9-18(38-14)39(35,36)32-31-21(34)17-11-37-22(30-17)15-2-1-3-16(19(15)25)23(26,27)28/h1-9,11,32H,10H2,(H,29,33)(H,31,34). The highest BCUT2D eigenvalue weighted by molar-refractivity contribution is 7.91. The number of aromatic nitrogens is 1. The lowest BCUT2D eigenvalue weighted by Crippen LogP contribution is -2.41. The first-order valence-corrected chi connectivity index (χ1v) is 14.5. The highest BCUT2D eigenvalue weighted by atomic mass is 35.5. The Kier molecular flexibility index (Phi) is 8.63. The lowest BCUT2D eigenvalue weighted by molar-refractivity contribution is -0.137. The van der Waals surface area contributed by atoms with E-state index in [0.29, 0.717) is 15.5 Å². The zero-order valence-corrected chi connectivity index (χ0v) is 23.1. The van der Waals surface area contributed by atoms with Gasteiger partial charge < -0.3 is 5.32 Å². The number of benzene rings is 2. The van der Waals surface area contributed by atoms with E-state index in [1.807, 2.05) is 10.3 Å². The SMILES string of the molecule is O=C(NCc1ccc(S(=O)(=O)NNC(=O)c2csc(-c3cccc(C(F)(F)F)c3Cl)n2)s1)c1ccc(Cl)cc1. The summed E-state index contributed by atoms with van der Waals surface area (Å²) in [6, 6.07) is 12.4. The maximum Gasteiger partial charge on any atom is 0.417 e. The van der Waals surface area contributed by atoms with E-state index in [-0.39, 0.29) is 32.9 Å². The Morgan fingerprint density at radius 1 is 0.974 bits per heavy atom. The summed E-state index contributed by atoms with van der Waals surface area (Å²) in [6.07, 6.45) is -4.67. The summed E-state index contributed by atoms with van der Waals surface area (Å²) in [5.74, 6) is -1.31. The van der Waals surface area contributed by atoms with Crippen LogP contribution in [0.25, 0.3) is 10.6 Å². The number of alkyl halides is 3. The Hall–Kier alpha value is -3.01. The molecule has 2 aromatic heterocycles. The minimum atomic E-state index is -4.67. The van der Waals surface area contributed by atoms with Gasteiger partial charge in [-0.15, -0.1) is 27.5 Å². The van der Waals surface area contributed by atoms with Crippen molar-refractivity contribution in [3.8, 4) is 10.6 Å². The molecule has 0 saturated carbocycles. The molecule has 4 aromatic rings. The minimum Gasteiger partial charge on any atom is -0.347 e. The van der Waals surface area contributed by atoms with E-state index < -0.39 is 32.7 Å². The van der Waals surface area contributed by atoms with E-state index in [0.717, 1.165) is 34.8 Å². The second kappa shape index (κ2) is 11.6. The Balaban J connectivity index is 1.37. The Bertz CT molecular complexity index is 1640. The molecule has 0 aliphatic heterocycles. The smallest absolute Gasteiger partial charge is 0.347 e. The monoisotopic (exact) mass is 634 g/mol. The summed E-state index contributed by atoms with van der Waals surface area (Å²) in [5, 5.41) is 3.88. The molecule has 0 atom stereocenters. The molecule has 0 radical (unpaired) electrons. The maximum atomic E-state index is 13.1. The zero-order valence-electron chi connectivity index (χ0n) is 19.2. The van der Waals surface area contributed by atoms with Crippen molar-refractivity contribution in [1.82, 2.24) is 20.6 Å². The van der Waals surface area contributed by atoms with Crippen LogP contribution in [0.15, 0.2) is 64.2 Å². The molecule has 0 saturated heterocycles. The summed E-state index contributed by atoms with van der Waals surface area (Å²) in [7, 11) is -4.17. The summed E-state index contributed by atoms with van der Waals surface area (Å²) < 4.78 is 64.5. The number of nitrogens with one attached hydrogen (secondary N) is 3. The van der Waals surface area contributed by atoms with Gasteiger partial charge in [-0.25, -0.2) is 13.4 Å². The molecule has 16 heteroatoms. The number of thiophene rings is 1. The molecule has 0 unspecified atom stereocenters. The highest BCUT2D eigenvalue weighted by Gasteiger charge is 2.34. The number of nitrogens with zero attached hydrogens (tertiary/aromatic N) is 1. The normalized spacial score (nSPS) is 11.8. The van der Waals surface area contributed by atoms with Gasteiger partial charge >= 0.3 is 6.18 Å². The van der Waals surface area contributed by atoms with Gasteiger partial charge in [-0.2, -0.15) is 13.2 Å². The lowest BCUT2D eigenvalue weighted by atomic mass is 10.1. The third kappa shape index (κ3) is 6.96. The number of thiazole rings is 1. The first-order valence-electron chi connectivity index (χ1n) is 10.6. The van der Waals surface area contributed by atoms with Gasteiger partial charge in [0.05, 0.1) is 17.1 Å². The van der Waals surface area contributed by atoms with Crippen LogP contribution in [0.2, 0.25) is 10.0 Å². The third-order valence-electron chi connectivity index (χ3n) is 5.00. The number of hydrogen-bond donors (Lipinski definition) is 3. The largest absolute Gasteiger partial charge is 0.417 e.